The molecule has 0 spiro atoms. The van der Waals surface area contributed by atoms with E-state index in [4.69, 9.17) is 20.2 Å². The Bertz CT molecular complexity index is 1640. The fourth-order valence-corrected chi connectivity index (χ4v) is 8.58. The normalized spacial score (nSPS) is 18.7. The van der Waals surface area contributed by atoms with Gasteiger partial charge in [0, 0.05) is 49.8 Å². The zero-order valence-corrected chi connectivity index (χ0v) is 37.4. The summed E-state index contributed by atoms with van der Waals surface area (Å²) < 4.78 is 11.0. The first-order valence-corrected chi connectivity index (χ1v) is 22.1. The van der Waals surface area contributed by atoms with Gasteiger partial charge in [0.2, 0.25) is 11.8 Å². The SMILES string of the molecule is CC[C@H](C)[C@H](CC(=O)[C@@]1(C)CCCN1C)C(=O)N(C)[C@H](C[C@@H](NC(=O)CCOCCOCCN)c1nc(C(=O)N[C@@H](Cc2ccccc2)C[C@H](C)C(=O)O)cs1)C(C)C. The largest absolute Gasteiger partial charge is 0.481 e. The molecule has 5 N–H and O–H groups in total. The summed E-state index contributed by atoms with van der Waals surface area (Å²) in [5.41, 5.74) is 5.99. The Morgan fingerprint density at radius 1 is 1.02 bits per heavy atom. The molecule has 0 bridgehead atoms. The van der Waals surface area contributed by atoms with Crippen molar-refractivity contribution in [2.75, 3.05) is 53.6 Å². The van der Waals surface area contributed by atoms with Crippen LogP contribution in [0, 0.1) is 23.7 Å². The summed E-state index contributed by atoms with van der Waals surface area (Å²) in [5.74, 6) is -2.96. The molecule has 59 heavy (non-hydrogen) atoms. The number of benzene rings is 1. The highest BCUT2D eigenvalue weighted by atomic mass is 32.1. The van der Waals surface area contributed by atoms with Gasteiger partial charge in [-0.25, -0.2) is 4.98 Å². The van der Waals surface area contributed by atoms with Crippen LogP contribution < -0.4 is 16.4 Å². The number of thiazole rings is 1. The van der Waals surface area contributed by atoms with Crippen LogP contribution in [0.3, 0.4) is 0 Å². The minimum atomic E-state index is -0.946. The van der Waals surface area contributed by atoms with E-state index in [-0.39, 0.29) is 67.0 Å². The number of ether oxygens (including phenoxy) is 2. The standard InChI is InChI=1S/C44H70N6O8S/c1-9-30(4)34(26-38(51)44(6)17-13-19-49(44)7)42(54)50(8)37(29(2)3)27-35(47-39(52)16-20-57-22-23-58-21-18-45)41-48-36(28-59-41)40(53)46-33(24-31(5)43(55)56)25-32-14-11-10-12-15-32/h10-12,14-15,28-31,33-35,37H,9,13,16-27,45H2,1-8H3,(H,46,53)(H,47,52)(H,55,56)/t30-,31-,33+,34-,35+,37+,44+/m0/s1. The third-order valence-electron chi connectivity index (χ3n) is 12.0. The van der Waals surface area contributed by atoms with Gasteiger partial charge in [-0.2, -0.15) is 0 Å². The number of nitrogens with two attached hydrogens (primary N) is 1. The smallest absolute Gasteiger partial charge is 0.306 e. The van der Waals surface area contributed by atoms with E-state index in [1.165, 1.54) is 11.3 Å². The molecular formula is C44H70N6O8S. The van der Waals surface area contributed by atoms with Gasteiger partial charge in [-0.3, -0.25) is 28.9 Å². The van der Waals surface area contributed by atoms with Crippen LogP contribution >= 0.6 is 11.3 Å². The molecule has 2 aromatic rings. The lowest BCUT2D eigenvalue weighted by Gasteiger charge is -2.38. The molecule has 1 aromatic carbocycles. The zero-order chi connectivity index (χ0) is 43.7. The van der Waals surface area contributed by atoms with Crippen LogP contribution in [-0.2, 0) is 35.1 Å². The molecule has 2 heterocycles. The van der Waals surface area contributed by atoms with Crippen molar-refractivity contribution in [3.05, 3.63) is 52.0 Å². The van der Waals surface area contributed by atoms with Gasteiger partial charge in [0.15, 0.2) is 5.78 Å². The van der Waals surface area contributed by atoms with E-state index in [2.05, 4.69) is 15.5 Å². The molecule has 3 rings (SSSR count). The van der Waals surface area contributed by atoms with E-state index >= 15 is 0 Å². The highest BCUT2D eigenvalue weighted by molar-refractivity contribution is 7.09. The quantitative estimate of drug-likeness (QED) is 0.0874. The van der Waals surface area contributed by atoms with Gasteiger partial charge in [-0.1, -0.05) is 71.4 Å². The molecule has 0 aliphatic carbocycles. The third kappa shape index (κ3) is 15.0. The van der Waals surface area contributed by atoms with Crippen LogP contribution in [0.25, 0.3) is 0 Å². The van der Waals surface area contributed by atoms with Gasteiger partial charge in [0.05, 0.1) is 43.9 Å². The molecular weight excluding hydrogens is 773 g/mol. The van der Waals surface area contributed by atoms with Crippen molar-refractivity contribution in [3.8, 4) is 0 Å². The van der Waals surface area contributed by atoms with Crippen molar-refractivity contribution >= 4 is 40.8 Å². The van der Waals surface area contributed by atoms with E-state index < -0.39 is 41.3 Å². The van der Waals surface area contributed by atoms with Crippen LogP contribution in [0.1, 0.15) is 114 Å². The van der Waals surface area contributed by atoms with Crippen molar-refractivity contribution < 1.29 is 38.6 Å². The predicted octanol–water partition coefficient (Wildman–Crippen LogP) is 5.11. The summed E-state index contributed by atoms with van der Waals surface area (Å²) in [5, 5.41) is 17.9. The second-order valence-electron chi connectivity index (χ2n) is 16.7. The fourth-order valence-electron chi connectivity index (χ4n) is 7.72. The average Bonchev–Trinajstić information content (AvgIpc) is 3.84. The number of amides is 3. The molecule has 15 heteroatoms. The minimum absolute atomic E-state index is 0.0301. The molecule has 1 saturated heterocycles. The molecule has 1 fully saturated rings. The Kier molecular flexibility index (Phi) is 20.6. The Morgan fingerprint density at radius 2 is 1.69 bits per heavy atom. The van der Waals surface area contributed by atoms with Crippen LogP contribution in [-0.4, -0.2) is 121 Å². The monoisotopic (exact) mass is 842 g/mol. The number of carbonyl (C=O) groups is 5. The Labute approximate surface area is 355 Å². The summed E-state index contributed by atoms with van der Waals surface area (Å²) in [6.45, 7) is 14.2. The van der Waals surface area contributed by atoms with E-state index in [1.807, 2.05) is 72.0 Å². The second-order valence-corrected chi connectivity index (χ2v) is 17.6. The molecule has 0 unspecified atom stereocenters. The van der Waals surface area contributed by atoms with E-state index in [1.54, 1.807) is 24.3 Å². The van der Waals surface area contributed by atoms with Crippen LogP contribution in [0.15, 0.2) is 35.7 Å². The Morgan fingerprint density at radius 3 is 2.29 bits per heavy atom. The highest BCUT2D eigenvalue weighted by Crippen LogP contribution is 2.34. The topological polar surface area (TPSA) is 193 Å². The molecule has 14 nitrogen and oxygen atoms in total. The van der Waals surface area contributed by atoms with Gasteiger partial charge < -0.3 is 35.8 Å². The summed E-state index contributed by atoms with van der Waals surface area (Å²) in [6.07, 6.45) is 3.65. The van der Waals surface area contributed by atoms with Crippen molar-refractivity contribution in [1.82, 2.24) is 25.4 Å². The Balaban J connectivity index is 1.87. The number of Topliss-reactive ketones (excluding diaryl/α,β-unsaturated/α-hetero) is 1. The van der Waals surface area contributed by atoms with E-state index in [0.29, 0.717) is 44.2 Å². The number of hydrogen-bond donors (Lipinski definition) is 4. The fraction of sp³-hybridized carbons (Fsp3) is 0.682. The summed E-state index contributed by atoms with van der Waals surface area (Å²) in [6, 6.07) is 8.08. The third-order valence-corrected chi connectivity index (χ3v) is 12.9. The number of carboxylic acid groups (broad SMARTS) is 1. The van der Waals surface area contributed by atoms with Crippen molar-refractivity contribution in [2.24, 2.45) is 29.4 Å². The molecule has 1 aromatic heterocycles. The number of likely N-dealkylation sites (N-methyl/N-ethyl adjacent to an activating group) is 1. The number of rotatable bonds is 27. The van der Waals surface area contributed by atoms with Gasteiger partial charge in [0.1, 0.15) is 10.7 Å². The first-order valence-electron chi connectivity index (χ1n) is 21.2. The van der Waals surface area contributed by atoms with Gasteiger partial charge in [-0.05, 0) is 70.0 Å². The predicted molar refractivity (Wildman–Crippen MR) is 230 cm³/mol. The number of carboxylic acids is 1. The first kappa shape index (κ1) is 49.6. The first-order chi connectivity index (χ1) is 28.0. The lowest BCUT2D eigenvalue weighted by atomic mass is 9.80. The van der Waals surface area contributed by atoms with Gasteiger partial charge in [0.25, 0.3) is 5.91 Å². The summed E-state index contributed by atoms with van der Waals surface area (Å²) >= 11 is 1.24. The second kappa shape index (κ2) is 24.5. The number of hydrogen-bond acceptors (Lipinski definition) is 11. The summed E-state index contributed by atoms with van der Waals surface area (Å²) in [7, 11) is 3.75. The van der Waals surface area contributed by atoms with Crippen molar-refractivity contribution in [3.63, 3.8) is 0 Å². The minimum Gasteiger partial charge on any atom is -0.481 e. The molecule has 7 atom stereocenters. The number of likely N-dealkylation sites (tertiary alicyclic amines) is 1. The van der Waals surface area contributed by atoms with Crippen molar-refractivity contribution in [2.45, 2.75) is 117 Å². The maximum absolute atomic E-state index is 14.5. The van der Waals surface area contributed by atoms with Gasteiger partial charge in [-0.15, -0.1) is 11.3 Å². The average molecular weight is 843 g/mol. The number of ketones is 1. The maximum atomic E-state index is 14.5. The Hall–Kier alpha value is -3.76. The maximum Gasteiger partial charge on any atom is 0.306 e. The zero-order valence-electron chi connectivity index (χ0n) is 36.5. The number of aromatic nitrogens is 1. The molecule has 330 valence electrons. The summed E-state index contributed by atoms with van der Waals surface area (Å²) in [4.78, 5) is 75.9. The highest BCUT2D eigenvalue weighted by Gasteiger charge is 2.44. The van der Waals surface area contributed by atoms with E-state index in [9.17, 15) is 29.1 Å². The molecule has 0 radical (unpaired) electrons. The van der Waals surface area contributed by atoms with E-state index in [0.717, 1.165) is 31.4 Å². The van der Waals surface area contributed by atoms with Gasteiger partial charge >= 0.3 is 5.97 Å². The molecule has 1 aliphatic rings. The number of carbonyl (C=O) groups excluding carboxylic acids is 4. The van der Waals surface area contributed by atoms with Crippen LogP contribution in [0.2, 0.25) is 0 Å². The lowest BCUT2D eigenvalue weighted by molar-refractivity contribution is -0.143. The number of aliphatic carboxylic acids is 1. The number of nitrogens with zero attached hydrogens (tertiary/aromatic N) is 3. The van der Waals surface area contributed by atoms with Crippen LogP contribution in [0.4, 0.5) is 0 Å². The molecule has 1 aliphatic heterocycles. The molecule has 0 saturated carbocycles. The van der Waals surface area contributed by atoms with Crippen molar-refractivity contribution in [1.29, 1.82) is 0 Å². The lowest BCUT2D eigenvalue weighted by Crippen LogP contribution is -2.50. The number of nitrogens with one attached hydrogen (secondary N) is 2. The van der Waals surface area contributed by atoms with Crippen LogP contribution in [0.5, 0.6) is 0 Å². The molecule has 3 amide bonds.